The molecule has 0 amide bonds. The summed E-state index contributed by atoms with van der Waals surface area (Å²) in [5, 5.41) is 10.8. The molecule has 1 saturated carbocycles. The number of nitrogens with two attached hydrogens (primary N) is 1. The van der Waals surface area contributed by atoms with Gasteiger partial charge in [0.15, 0.2) is 0 Å². The van der Waals surface area contributed by atoms with Gasteiger partial charge >= 0.3 is 0 Å². The number of benzene rings is 1. The number of para-hydroxylation sites is 1. The Labute approximate surface area is 110 Å². The van der Waals surface area contributed by atoms with E-state index in [9.17, 15) is 5.11 Å². The molecule has 0 aliphatic heterocycles. The minimum Gasteiger partial charge on any atom is -0.507 e. The maximum atomic E-state index is 9.73. The molecule has 3 rings (SSSR count). The van der Waals surface area contributed by atoms with Crippen molar-refractivity contribution in [2.45, 2.75) is 18.4 Å². The maximum Gasteiger partial charge on any atom is 0.124 e. The van der Waals surface area contributed by atoms with Crippen molar-refractivity contribution in [2.24, 2.45) is 5.73 Å². The lowest BCUT2D eigenvalue weighted by molar-refractivity contribution is 0.477. The van der Waals surface area contributed by atoms with Gasteiger partial charge in [-0.05, 0) is 18.6 Å². The van der Waals surface area contributed by atoms with E-state index in [-0.39, 0.29) is 18.4 Å². The van der Waals surface area contributed by atoms with Crippen molar-refractivity contribution < 1.29 is 5.11 Å². The molecule has 1 fully saturated rings. The summed E-state index contributed by atoms with van der Waals surface area (Å²) in [6.07, 6.45) is 2.85. The van der Waals surface area contributed by atoms with Crippen LogP contribution >= 0.6 is 23.7 Å². The molecule has 1 heterocycles. The highest BCUT2D eigenvalue weighted by Gasteiger charge is 2.37. The predicted octanol–water partition coefficient (Wildman–Crippen LogP) is 2.75. The van der Waals surface area contributed by atoms with Gasteiger partial charge in [-0.2, -0.15) is 0 Å². The quantitative estimate of drug-likeness (QED) is 0.880. The molecular weight excluding hydrogens is 256 g/mol. The minimum atomic E-state index is 0. The summed E-state index contributed by atoms with van der Waals surface area (Å²) >= 11 is 1.62. The summed E-state index contributed by atoms with van der Waals surface area (Å²) in [6, 6.07) is 7.61. The smallest absolute Gasteiger partial charge is 0.124 e. The molecule has 1 aliphatic carbocycles. The number of hydrogen-bond donors (Lipinski definition) is 2. The van der Waals surface area contributed by atoms with Crippen LogP contribution in [-0.2, 0) is 0 Å². The van der Waals surface area contributed by atoms with Crippen molar-refractivity contribution in [3.63, 3.8) is 0 Å². The van der Waals surface area contributed by atoms with Crippen molar-refractivity contribution in [2.75, 3.05) is 0 Å². The number of hydrogen-bond acceptors (Lipinski definition) is 4. The van der Waals surface area contributed by atoms with E-state index < -0.39 is 0 Å². The van der Waals surface area contributed by atoms with Crippen molar-refractivity contribution in [1.29, 1.82) is 0 Å². The Bertz CT molecular complexity index is 529. The number of phenols is 1. The molecule has 0 unspecified atom stereocenters. The lowest BCUT2D eigenvalue weighted by Gasteiger charge is -1.99. The first-order valence-corrected chi connectivity index (χ1v) is 6.07. The highest BCUT2D eigenvalue weighted by Crippen LogP contribution is 2.43. The van der Waals surface area contributed by atoms with Gasteiger partial charge < -0.3 is 10.8 Å². The number of phenolic OH excluding ortho intramolecular Hbond substituents is 1. The SMILES string of the molecule is Cl.N[C@@H]1C[C@H]1c1ncc(-c2ccccc2O)s1. The van der Waals surface area contributed by atoms with Gasteiger partial charge in [0.2, 0.25) is 0 Å². The summed E-state index contributed by atoms with van der Waals surface area (Å²) in [7, 11) is 0. The van der Waals surface area contributed by atoms with Crippen LogP contribution in [-0.4, -0.2) is 16.1 Å². The largest absolute Gasteiger partial charge is 0.507 e. The Balaban J connectivity index is 0.00000108. The Morgan fingerprint density at radius 2 is 2.06 bits per heavy atom. The summed E-state index contributed by atoms with van der Waals surface area (Å²) < 4.78 is 0. The molecule has 5 heteroatoms. The second-order valence-corrected chi connectivity index (χ2v) is 5.15. The number of halogens is 1. The molecule has 0 spiro atoms. The van der Waals surface area contributed by atoms with E-state index in [4.69, 9.17) is 5.73 Å². The van der Waals surface area contributed by atoms with Crippen molar-refractivity contribution in [1.82, 2.24) is 4.98 Å². The Hall–Kier alpha value is -1.10. The standard InChI is InChI=1S/C12H12N2OS.ClH/c13-9-5-8(9)12-14-6-11(16-12)7-3-1-2-4-10(7)15;/h1-4,6,8-9,15H,5,13H2;1H/t8-,9-;/m1./s1. The molecule has 1 aliphatic rings. The Morgan fingerprint density at radius 3 is 2.71 bits per heavy atom. The van der Waals surface area contributed by atoms with Crippen molar-refractivity contribution in [3.8, 4) is 16.2 Å². The van der Waals surface area contributed by atoms with Gasteiger partial charge in [-0.25, -0.2) is 4.98 Å². The average Bonchev–Trinajstić information content (AvgIpc) is 2.82. The monoisotopic (exact) mass is 268 g/mol. The first kappa shape index (κ1) is 12.4. The fraction of sp³-hybridized carbons (Fsp3) is 0.250. The number of thiazole rings is 1. The van der Waals surface area contributed by atoms with Crippen LogP contribution in [0.1, 0.15) is 17.3 Å². The zero-order valence-electron chi connectivity index (χ0n) is 9.04. The molecular formula is C12H13ClN2OS. The maximum absolute atomic E-state index is 9.73. The fourth-order valence-corrected chi connectivity index (χ4v) is 2.91. The van der Waals surface area contributed by atoms with Gasteiger partial charge in [0, 0.05) is 23.7 Å². The van der Waals surface area contributed by atoms with Crippen molar-refractivity contribution >= 4 is 23.7 Å². The molecule has 1 aromatic carbocycles. The molecule has 1 aromatic heterocycles. The van der Waals surface area contributed by atoms with E-state index in [1.807, 2.05) is 24.4 Å². The molecule has 90 valence electrons. The van der Waals surface area contributed by atoms with E-state index in [2.05, 4.69) is 4.98 Å². The summed E-state index contributed by atoms with van der Waals surface area (Å²) in [5.74, 6) is 0.738. The molecule has 0 bridgehead atoms. The number of aromatic nitrogens is 1. The van der Waals surface area contributed by atoms with Crippen LogP contribution in [0, 0.1) is 0 Å². The predicted molar refractivity (Wildman–Crippen MR) is 71.8 cm³/mol. The third kappa shape index (κ3) is 2.29. The third-order valence-corrected chi connectivity index (χ3v) is 4.01. The molecule has 2 atom stereocenters. The topological polar surface area (TPSA) is 59.1 Å². The second kappa shape index (κ2) is 4.64. The first-order chi connectivity index (χ1) is 7.75. The third-order valence-electron chi connectivity index (χ3n) is 2.85. The molecule has 17 heavy (non-hydrogen) atoms. The minimum absolute atomic E-state index is 0. The zero-order chi connectivity index (χ0) is 11.1. The van der Waals surface area contributed by atoms with Gasteiger partial charge in [-0.1, -0.05) is 12.1 Å². The van der Waals surface area contributed by atoms with E-state index in [0.717, 1.165) is 21.9 Å². The fourth-order valence-electron chi connectivity index (χ4n) is 1.76. The zero-order valence-corrected chi connectivity index (χ0v) is 10.7. The summed E-state index contributed by atoms with van der Waals surface area (Å²) in [4.78, 5) is 5.38. The van der Waals surface area contributed by atoms with Crippen LogP contribution in [0.15, 0.2) is 30.5 Å². The Morgan fingerprint density at radius 1 is 1.35 bits per heavy atom. The molecule has 0 radical (unpaired) electrons. The molecule has 2 aromatic rings. The molecule has 3 N–H and O–H groups in total. The van der Waals surface area contributed by atoms with Gasteiger partial charge in [-0.15, -0.1) is 23.7 Å². The van der Waals surface area contributed by atoms with Crippen LogP contribution in [0.25, 0.3) is 10.4 Å². The lowest BCUT2D eigenvalue weighted by atomic mass is 10.2. The average molecular weight is 269 g/mol. The molecule has 3 nitrogen and oxygen atoms in total. The van der Waals surface area contributed by atoms with Crippen LogP contribution in [0.3, 0.4) is 0 Å². The highest BCUT2D eigenvalue weighted by atomic mass is 35.5. The van der Waals surface area contributed by atoms with E-state index >= 15 is 0 Å². The second-order valence-electron chi connectivity index (χ2n) is 4.09. The van der Waals surface area contributed by atoms with Crippen LogP contribution < -0.4 is 5.73 Å². The van der Waals surface area contributed by atoms with E-state index in [0.29, 0.717) is 11.7 Å². The molecule has 0 saturated heterocycles. The van der Waals surface area contributed by atoms with Gasteiger partial charge in [0.25, 0.3) is 0 Å². The Kier molecular flexibility index (Phi) is 3.38. The van der Waals surface area contributed by atoms with Gasteiger partial charge in [0.05, 0.1) is 9.88 Å². The van der Waals surface area contributed by atoms with Crippen LogP contribution in [0.5, 0.6) is 5.75 Å². The summed E-state index contributed by atoms with van der Waals surface area (Å²) in [5.41, 5.74) is 6.64. The number of nitrogens with zero attached hydrogens (tertiary/aromatic N) is 1. The van der Waals surface area contributed by atoms with E-state index in [1.165, 1.54) is 0 Å². The van der Waals surface area contributed by atoms with Crippen LogP contribution in [0.4, 0.5) is 0 Å². The highest BCUT2D eigenvalue weighted by molar-refractivity contribution is 7.15. The normalized spacial score (nSPS) is 21.9. The lowest BCUT2D eigenvalue weighted by Crippen LogP contribution is -2.00. The number of rotatable bonds is 2. The van der Waals surface area contributed by atoms with Crippen molar-refractivity contribution in [3.05, 3.63) is 35.5 Å². The van der Waals surface area contributed by atoms with E-state index in [1.54, 1.807) is 17.4 Å². The van der Waals surface area contributed by atoms with Crippen LogP contribution in [0.2, 0.25) is 0 Å². The summed E-state index contributed by atoms with van der Waals surface area (Å²) in [6.45, 7) is 0. The van der Waals surface area contributed by atoms with Gasteiger partial charge in [-0.3, -0.25) is 0 Å². The van der Waals surface area contributed by atoms with Gasteiger partial charge in [0.1, 0.15) is 5.75 Å². The first-order valence-electron chi connectivity index (χ1n) is 5.25. The number of aromatic hydroxyl groups is 1.